The minimum absolute atomic E-state index is 0.618. The summed E-state index contributed by atoms with van der Waals surface area (Å²) in [6.07, 6.45) is 10.2. The average molecular weight is 263 g/mol. The molecule has 1 unspecified atom stereocenters. The fourth-order valence-corrected chi connectivity index (χ4v) is 3.26. The molecule has 1 aromatic rings. The third kappa shape index (κ3) is 4.03. The maximum atomic E-state index is 3.72. The summed E-state index contributed by atoms with van der Waals surface area (Å²) in [6.45, 7) is 1.18. The van der Waals surface area contributed by atoms with Gasteiger partial charge in [0.05, 0.1) is 0 Å². The maximum Gasteiger partial charge on any atom is 0.0326 e. The second kappa shape index (κ2) is 7.85. The van der Waals surface area contributed by atoms with Crippen molar-refractivity contribution in [2.75, 3.05) is 18.6 Å². The Balaban J connectivity index is 1.61. The van der Waals surface area contributed by atoms with E-state index in [9.17, 15) is 0 Å². The van der Waals surface area contributed by atoms with Crippen LogP contribution in [-0.2, 0) is 6.42 Å². The van der Waals surface area contributed by atoms with Gasteiger partial charge in [0.25, 0.3) is 0 Å². The van der Waals surface area contributed by atoms with Crippen molar-refractivity contribution in [3.63, 3.8) is 0 Å². The Hall–Kier alpha value is -0.470. The second-order valence-electron chi connectivity index (χ2n) is 5.15. The summed E-state index contributed by atoms with van der Waals surface area (Å²) in [7, 11) is 0. The lowest BCUT2D eigenvalue weighted by molar-refractivity contribution is 0.506. The Bertz CT molecular complexity index is 351. The van der Waals surface area contributed by atoms with Crippen LogP contribution in [0.4, 0.5) is 0 Å². The van der Waals surface area contributed by atoms with Gasteiger partial charge in [-0.15, -0.1) is 0 Å². The largest absolute Gasteiger partial charge is 0.310 e. The van der Waals surface area contributed by atoms with Crippen molar-refractivity contribution in [1.82, 2.24) is 5.32 Å². The molecule has 2 rings (SSSR count). The molecular weight excluding hydrogens is 238 g/mol. The van der Waals surface area contributed by atoms with Crippen molar-refractivity contribution in [3.05, 3.63) is 35.4 Å². The lowest BCUT2D eigenvalue weighted by Crippen LogP contribution is -2.20. The number of rotatable bonds is 8. The zero-order valence-electron chi connectivity index (χ0n) is 11.5. The van der Waals surface area contributed by atoms with Crippen LogP contribution in [0.15, 0.2) is 24.3 Å². The molecule has 1 aromatic carbocycles. The first-order valence-corrected chi connectivity index (χ1v) is 8.61. The third-order valence-electron chi connectivity index (χ3n) is 3.80. The predicted octanol–water partition coefficient (Wildman–Crippen LogP) is 4.19. The molecule has 100 valence electrons. The third-order valence-corrected chi connectivity index (χ3v) is 4.50. The first-order chi connectivity index (χ1) is 8.92. The Morgan fingerprint density at radius 2 is 2.00 bits per heavy atom. The zero-order valence-corrected chi connectivity index (χ0v) is 12.3. The molecule has 0 heterocycles. The highest BCUT2D eigenvalue weighted by molar-refractivity contribution is 7.98. The number of nitrogens with one attached hydrogen (secondary N) is 1. The number of thioether (sulfide) groups is 1. The van der Waals surface area contributed by atoms with E-state index in [1.54, 1.807) is 11.1 Å². The lowest BCUT2D eigenvalue weighted by Gasteiger charge is -2.13. The number of unbranched alkanes of at least 4 members (excludes halogenated alkanes) is 3. The van der Waals surface area contributed by atoms with Gasteiger partial charge in [-0.2, -0.15) is 11.8 Å². The molecule has 1 atom stereocenters. The van der Waals surface area contributed by atoms with Gasteiger partial charge < -0.3 is 5.32 Å². The monoisotopic (exact) mass is 263 g/mol. The smallest absolute Gasteiger partial charge is 0.0326 e. The number of hydrogen-bond donors (Lipinski definition) is 1. The van der Waals surface area contributed by atoms with E-state index in [2.05, 4.69) is 35.8 Å². The van der Waals surface area contributed by atoms with E-state index >= 15 is 0 Å². The summed E-state index contributed by atoms with van der Waals surface area (Å²) in [6, 6.07) is 9.51. The molecule has 0 saturated heterocycles. The zero-order chi connectivity index (χ0) is 12.6. The summed E-state index contributed by atoms with van der Waals surface area (Å²) in [5, 5.41) is 3.72. The Labute approximate surface area is 116 Å². The minimum Gasteiger partial charge on any atom is -0.310 e. The van der Waals surface area contributed by atoms with Gasteiger partial charge in [0.15, 0.2) is 0 Å². The minimum atomic E-state index is 0.618. The highest BCUT2D eigenvalue weighted by atomic mass is 32.2. The number of fused-ring (bicyclic) bond motifs is 1. The van der Waals surface area contributed by atoms with Crippen molar-refractivity contribution in [2.45, 2.75) is 44.6 Å². The Morgan fingerprint density at radius 1 is 1.17 bits per heavy atom. The maximum absolute atomic E-state index is 3.72. The summed E-state index contributed by atoms with van der Waals surface area (Å²) >= 11 is 1.96. The molecule has 0 fully saturated rings. The van der Waals surface area contributed by atoms with Crippen LogP contribution in [-0.4, -0.2) is 18.6 Å². The predicted molar refractivity (Wildman–Crippen MR) is 82.4 cm³/mol. The van der Waals surface area contributed by atoms with E-state index in [-0.39, 0.29) is 0 Å². The molecule has 1 nitrogen and oxygen atoms in total. The van der Waals surface area contributed by atoms with Crippen molar-refractivity contribution >= 4 is 11.8 Å². The van der Waals surface area contributed by atoms with E-state index in [0.29, 0.717) is 6.04 Å². The first kappa shape index (κ1) is 14.0. The molecule has 0 aromatic heterocycles. The van der Waals surface area contributed by atoms with E-state index in [4.69, 9.17) is 0 Å². The Morgan fingerprint density at radius 3 is 2.89 bits per heavy atom. The quantitative estimate of drug-likeness (QED) is 0.706. The number of aryl methyl sites for hydroxylation is 1. The van der Waals surface area contributed by atoms with Crippen LogP contribution in [0.5, 0.6) is 0 Å². The summed E-state index contributed by atoms with van der Waals surface area (Å²) in [4.78, 5) is 0. The number of benzene rings is 1. The van der Waals surface area contributed by atoms with Crippen LogP contribution < -0.4 is 5.32 Å². The van der Waals surface area contributed by atoms with Gasteiger partial charge in [-0.3, -0.25) is 0 Å². The van der Waals surface area contributed by atoms with Gasteiger partial charge in [-0.05, 0) is 55.4 Å². The molecule has 1 aliphatic carbocycles. The summed E-state index contributed by atoms with van der Waals surface area (Å²) in [5.74, 6) is 1.32. The van der Waals surface area contributed by atoms with Crippen molar-refractivity contribution in [1.29, 1.82) is 0 Å². The highest BCUT2D eigenvalue weighted by Crippen LogP contribution is 2.30. The van der Waals surface area contributed by atoms with Crippen LogP contribution in [0.25, 0.3) is 0 Å². The van der Waals surface area contributed by atoms with Gasteiger partial charge in [0.1, 0.15) is 0 Å². The van der Waals surface area contributed by atoms with Crippen LogP contribution >= 0.6 is 11.8 Å². The topological polar surface area (TPSA) is 12.0 Å². The molecule has 0 radical (unpaired) electrons. The molecule has 0 saturated carbocycles. The SMILES string of the molecule is CSCCCCCCNC1CCc2ccccc21. The van der Waals surface area contributed by atoms with Crippen LogP contribution in [0, 0.1) is 0 Å². The van der Waals surface area contributed by atoms with Crippen LogP contribution in [0.1, 0.15) is 49.3 Å². The van der Waals surface area contributed by atoms with Gasteiger partial charge in [0.2, 0.25) is 0 Å². The molecule has 1 N–H and O–H groups in total. The lowest BCUT2D eigenvalue weighted by atomic mass is 10.1. The standard InChI is InChI=1S/C16H25NS/c1-18-13-7-3-2-6-12-17-16-11-10-14-8-4-5-9-15(14)16/h4-5,8-9,16-17H,2-3,6-7,10-13H2,1H3. The van der Waals surface area contributed by atoms with E-state index in [0.717, 1.165) is 0 Å². The second-order valence-corrected chi connectivity index (χ2v) is 6.14. The first-order valence-electron chi connectivity index (χ1n) is 7.22. The van der Waals surface area contributed by atoms with Gasteiger partial charge in [0, 0.05) is 6.04 Å². The van der Waals surface area contributed by atoms with Gasteiger partial charge >= 0.3 is 0 Å². The molecule has 18 heavy (non-hydrogen) atoms. The molecular formula is C16H25NS. The molecule has 1 aliphatic rings. The fourth-order valence-electron chi connectivity index (χ4n) is 2.77. The van der Waals surface area contributed by atoms with Crippen molar-refractivity contribution < 1.29 is 0 Å². The van der Waals surface area contributed by atoms with E-state index in [1.807, 2.05) is 11.8 Å². The van der Waals surface area contributed by atoms with E-state index < -0.39 is 0 Å². The summed E-state index contributed by atoms with van der Waals surface area (Å²) in [5.41, 5.74) is 3.09. The fraction of sp³-hybridized carbons (Fsp3) is 0.625. The molecule has 0 aliphatic heterocycles. The van der Waals surface area contributed by atoms with Gasteiger partial charge in [-0.25, -0.2) is 0 Å². The molecule has 0 bridgehead atoms. The van der Waals surface area contributed by atoms with Crippen LogP contribution in [0.3, 0.4) is 0 Å². The highest BCUT2D eigenvalue weighted by Gasteiger charge is 2.20. The normalized spacial score (nSPS) is 17.9. The van der Waals surface area contributed by atoms with Crippen molar-refractivity contribution in [3.8, 4) is 0 Å². The number of hydrogen-bond acceptors (Lipinski definition) is 2. The Kier molecular flexibility index (Phi) is 6.09. The molecule has 0 amide bonds. The molecule has 2 heteroatoms. The van der Waals surface area contributed by atoms with Gasteiger partial charge in [-0.1, -0.05) is 37.1 Å². The molecule has 0 spiro atoms. The van der Waals surface area contributed by atoms with Crippen LogP contribution in [0.2, 0.25) is 0 Å². The average Bonchev–Trinajstić information content (AvgIpc) is 2.81. The summed E-state index contributed by atoms with van der Waals surface area (Å²) < 4.78 is 0. The van der Waals surface area contributed by atoms with Crippen molar-refractivity contribution in [2.24, 2.45) is 0 Å². The van der Waals surface area contributed by atoms with E-state index in [1.165, 1.54) is 50.8 Å².